The van der Waals surface area contributed by atoms with E-state index in [1.54, 1.807) is 12.3 Å². The molecule has 2 aromatic heterocycles. The van der Waals surface area contributed by atoms with E-state index in [-0.39, 0.29) is 23.5 Å². The zero-order valence-electron chi connectivity index (χ0n) is 20.9. The predicted octanol–water partition coefficient (Wildman–Crippen LogP) is 4.57. The summed E-state index contributed by atoms with van der Waals surface area (Å²) in [5.41, 5.74) is 4.37. The summed E-state index contributed by atoms with van der Waals surface area (Å²) >= 11 is 0. The van der Waals surface area contributed by atoms with Gasteiger partial charge < -0.3 is 19.0 Å². The Kier molecular flexibility index (Phi) is 5.68. The van der Waals surface area contributed by atoms with Gasteiger partial charge in [0.1, 0.15) is 17.6 Å². The molecule has 3 aliphatic rings. The SMILES string of the molecule is Cc1occc1C(=O)N1CCN(c2nc(C3CC3)c3c(c2C#N)CC(C)(C)OC3)CC1C(C)C. The maximum Gasteiger partial charge on any atom is 0.257 e. The molecule has 0 spiro atoms. The van der Waals surface area contributed by atoms with Crippen LogP contribution in [0, 0.1) is 24.2 Å². The van der Waals surface area contributed by atoms with Crippen molar-refractivity contribution in [2.45, 2.75) is 78.0 Å². The molecule has 1 aliphatic carbocycles. The topological polar surface area (TPSA) is 82.6 Å². The molecule has 2 aliphatic heterocycles. The van der Waals surface area contributed by atoms with Crippen LogP contribution >= 0.6 is 0 Å². The fourth-order valence-corrected chi connectivity index (χ4v) is 5.41. The number of nitrogens with zero attached hydrogens (tertiary/aromatic N) is 4. The Bertz CT molecular complexity index is 1160. The van der Waals surface area contributed by atoms with Gasteiger partial charge in [-0.25, -0.2) is 4.98 Å². The van der Waals surface area contributed by atoms with Gasteiger partial charge in [0.05, 0.1) is 41.3 Å². The molecule has 5 rings (SSSR count). The molecular weight excluding hydrogens is 428 g/mol. The average Bonchev–Trinajstić information content (AvgIpc) is 3.56. The van der Waals surface area contributed by atoms with Crippen LogP contribution in [-0.4, -0.2) is 47.1 Å². The van der Waals surface area contributed by atoms with Crippen molar-refractivity contribution in [3.8, 4) is 6.07 Å². The van der Waals surface area contributed by atoms with Crippen molar-refractivity contribution < 1.29 is 13.9 Å². The van der Waals surface area contributed by atoms with Crippen LogP contribution in [0.1, 0.15) is 85.0 Å². The molecule has 7 heteroatoms. The molecule has 1 saturated carbocycles. The lowest BCUT2D eigenvalue weighted by Crippen LogP contribution is -2.57. The molecule has 1 saturated heterocycles. The smallest absolute Gasteiger partial charge is 0.257 e. The zero-order valence-corrected chi connectivity index (χ0v) is 20.9. The number of hydrogen-bond acceptors (Lipinski definition) is 6. The molecule has 2 fully saturated rings. The summed E-state index contributed by atoms with van der Waals surface area (Å²) in [7, 11) is 0. The highest BCUT2D eigenvalue weighted by atomic mass is 16.5. The minimum Gasteiger partial charge on any atom is -0.469 e. The Morgan fingerprint density at radius 1 is 1.26 bits per heavy atom. The van der Waals surface area contributed by atoms with E-state index in [1.165, 1.54) is 0 Å². The van der Waals surface area contributed by atoms with Gasteiger partial charge in [0, 0.05) is 37.5 Å². The number of aryl methyl sites for hydroxylation is 1. The summed E-state index contributed by atoms with van der Waals surface area (Å²) in [5, 5.41) is 10.3. The van der Waals surface area contributed by atoms with Crippen molar-refractivity contribution in [2.75, 3.05) is 24.5 Å². The molecular formula is C27H34N4O3. The van der Waals surface area contributed by atoms with Crippen molar-refractivity contribution >= 4 is 11.7 Å². The lowest BCUT2D eigenvalue weighted by molar-refractivity contribution is -0.0407. The van der Waals surface area contributed by atoms with Gasteiger partial charge in [-0.15, -0.1) is 0 Å². The van der Waals surface area contributed by atoms with E-state index in [0.717, 1.165) is 35.5 Å². The van der Waals surface area contributed by atoms with Gasteiger partial charge in [0.15, 0.2) is 0 Å². The quantitative estimate of drug-likeness (QED) is 0.662. The third kappa shape index (κ3) is 3.98. The van der Waals surface area contributed by atoms with E-state index in [9.17, 15) is 10.1 Å². The second-order valence-electron chi connectivity index (χ2n) is 10.9. The highest BCUT2D eigenvalue weighted by Crippen LogP contribution is 2.46. The average molecular weight is 463 g/mol. The van der Waals surface area contributed by atoms with E-state index >= 15 is 0 Å². The van der Waals surface area contributed by atoms with E-state index < -0.39 is 0 Å². The van der Waals surface area contributed by atoms with Crippen LogP contribution in [0.3, 0.4) is 0 Å². The number of ether oxygens (including phenoxy) is 1. The summed E-state index contributed by atoms with van der Waals surface area (Å²) in [6.45, 7) is 12.7. The second kappa shape index (κ2) is 8.42. The summed E-state index contributed by atoms with van der Waals surface area (Å²) in [6.07, 6.45) is 4.58. The number of fused-ring (bicyclic) bond motifs is 1. The van der Waals surface area contributed by atoms with Crippen molar-refractivity contribution in [1.29, 1.82) is 5.26 Å². The first-order valence-corrected chi connectivity index (χ1v) is 12.4. The number of anilines is 1. The molecule has 0 bridgehead atoms. The van der Waals surface area contributed by atoms with Crippen molar-refractivity contribution in [3.05, 3.63) is 46.0 Å². The molecule has 1 unspecified atom stereocenters. The number of carbonyl (C=O) groups excluding carboxylic acids is 1. The van der Waals surface area contributed by atoms with Crippen LogP contribution in [0.4, 0.5) is 5.82 Å². The first-order chi connectivity index (χ1) is 16.2. The number of amides is 1. The van der Waals surface area contributed by atoms with Crippen LogP contribution in [0.15, 0.2) is 16.7 Å². The Morgan fingerprint density at radius 3 is 2.65 bits per heavy atom. The second-order valence-corrected chi connectivity index (χ2v) is 10.9. The highest BCUT2D eigenvalue weighted by molar-refractivity contribution is 5.95. The highest BCUT2D eigenvalue weighted by Gasteiger charge is 2.39. The predicted molar refractivity (Wildman–Crippen MR) is 129 cm³/mol. The summed E-state index contributed by atoms with van der Waals surface area (Å²) < 4.78 is 11.5. The third-order valence-electron chi connectivity index (χ3n) is 7.55. The third-order valence-corrected chi connectivity index (χ3v) is 7.55. The number of pyridine rings is 1. The molecule has 1 atom stereocenters. The Hall–Kier alpha value is -2.85. The number of rotatable bonds is 4. The van der Waals surface area contributed by atoms with E-state index in [1.807, 2.05) is 11.8 Å². The fourth-order valence-electron chi connectivity index (χ4n) is 5.41. The number of piperazine rings is 1. The largest absolute Gasteiger partial charge is 0.469 e. The minimum absolute atomic E-state index is 0.0149. The molecule has 180 valence electrons. The zero-order chi connectivity index (χ0) is 24.2. The van der Waals surface area contributed by atoms with Gasteiger partial charge >= 0.3 is 0 Å². The van der Waals surface area contributed by atoms with Gasteiger partial charge in [-0.3, -0.25) is 4.79 Å². The van der Waals surface area contributed by atoms with Gasteiger partial charge in [-0.1, -0.05) is 13.8 Å². The monoisotopic (exact) mass is 462 g/mol. The Balaban J connectivity index is 1.51. The van der Waals surface area contributed by atoms with Gasteiger partial charge in [0.2, 0.25) is 0 Å². The van der Waals surface area contributed by atoms with Crippen molar-refractivity contribution in [2.24, 2.45) is 5.92 Å². The first-order valence-electron chi connectivity index (χ1n) is 12.4. The minimum atomic E-state index is -0.300. The van der Waals surface area contributed by atoms with Crippen LogP contribution < -0.4 is 4.90 Å². The lowest BCUT2D eigenvalue weighted by Gasteiger charge is -2.44. The van der Waals surface area contributed by atoms with Crippen LogP contribution in [-0.2, 0) is 17.8 Å². The molecule has 0 N–H and O–H groups in total. The summed E-state index contributed by atoms with van der Waals surface area (Å²) in [5.74, 6) is 2.19. The Labute approximate surface area is 201 Å². The maximum atomic E-state index is 13.3. The van der Waals surface area contributed by atoms with E-state index in [0.29, 0.717) is 55.5 Å². The Morgan fingerprint density at radius 2 is 2.03 bits per heavy atom. The maximum absolute atomic E-state index is 13.3. The van der Waals surface area contributed by atoms with Crippen molar-refractivity contribution in [1.82, 2.24) is 9.88 Å². The summed E-state index contributed by atoms with van der Waals surface area (Å²) in [4.78, 5) is 22.7. The first kappa shape index (κ1) is 22.9. The number of hydrogen-bond donors (Lipinski definition) is 0. The fraction of sp³-hybridized carbons (Fsp3) is 0.593. The van der Waals surface area contributed by atoms with Gasteiger partial charge in [-0.05, 0) is 51.2 Å². The number of nitriles is 1. The van der Waals surface area contributed by atoms with Gasteiger partial charge in [0.25, 0.3) is 5.91 Å². The molecule has 1 amide bonds. The van der Waals surface area contributed by atoms with Crippen molar-refractivity contribution in [3.63, 3.8) is 0 Å². The molecule has 4 heterocycles. The number of furan rings is 1. The molecule has 34 heavy (non-hydrogen) atoms. The van der Waals surface area contributed by atoms with Crippen LogP contribution in [0.2, 0.25) is 0 Å². The van der Waals surface area contributed by atoms with Crippen LogP contribution in [0.25, 0.3) is 0 Å². The van der Waals surface area contributed by atoms with E-state index in [2.05, 4.69) is 38.7 Å². The molecule has 2 aromatic rings. The summed E-state index contributed by atoms with van der Waals surface area (Å²) in [6, 6.07) is 4.27. The van der Waals surface area contributed by atoms with Gasteiger partial charge in [-0.2, -0.15) is 5.26 Å². The lowest BCUT2D eigenvalue weighted by atomic mass is 9.87. The molecule has 0 radical (unpaired) electrons. The van der Waals surface area contributed by atoms with E-state index in [4.69, 9.17) is 14.1 Å². The number of carbonyl (C=O) groups is 1. The molecule has 7 nitrogen and oxygen atoms in total. The standard InChI is InChI=1S/C27H34N4O3/c1-16(2)23-14-30(9-10-31(23)26(32)19-8-11-33-17(19)3)25-21(13-28)20-12-27(4,5)34-15-22(20)24(29-25)18-6-7-18/h8,11,16,18,23H,6-7,9-10,12,14-15H2,1-5H3. The van der Waals surface area contributed by atoms with Crippen LogP contribution in [0.5, 0.6) is 0 Å². The number of aromatic nitrogens is 1. The molecule has 0 aromatic carbocycles. The normalized spacial score (nSPS) is 22.0.